The number of halogens is 1. The molecule has 0 aliphatic carbocycles. The van der Waals surface area contributed by atoms with Crippen LogP contribution in [0.3, 0.4) is 0 Å². The number of carbonyl (C=O) groups is 1. The predicted molar refractivity (Wildman–Crippen MR) is 48.8 cm³/mol. The van der Waals surface area contributed by atoms with E-state index in [0.717, 1.165) is 0 Å². The van der Waals surface area contributed by atoms with Gasteiger partial charge in [-0.15, -0.1) is 0 Å². The third kappa shape index (κ3) is 7.31. The van der Waals surface area contributed by atoms with Crippen LogP contribution in [0.25, 0.3) is 0 Å². The summed E-state index contributed by atoms with van der Waals surface area (Å²) in [4.78, 5) is 10.2. The van der Waals surface area contributed by atoms with E-state index in [9.17, 15) is 4.79 Å². The first-order chi connectivity index (χ1) is 5.66. The number of allylic oxidation sites excluding steroid dienone is 3. The molecule has 68 valence electrons. The third-order valence-corrected chi connectivity index (χ3v) is 1.36. The molecule has 0 aromatic carbocycles. The van der Waals surface area contributed by atoms with Crippen molar-refractivity contribution in [3.63, 3.8) is 0 Å². The fourth-order valence-corrected chi connectivity index (χ4v) is 0.574. The summed E-state index contributed by atoms with van der Waals surface area (Å²) in [6.07, 6.45) is 5.17. The van der Waals surface area contributed by atoms with Gasteiger partial charge in [0.25, 0.3) is 0 Å². The van der Waals surface area contributed by atoms with Crippen LogP contribution in [0.4, 0.5) is 0 Å². The molecule has 0 radical (unpaired) electrons. The maximum Gasteiger partial charge on any atom is 0.243 e. The lowest BCUT2D eigenvalue weighted by atomic mass is 10.4. The number of nitrogens with two attached hydrogens (primary N) is 1. The van der Waals surface area contributed by atoms with Crippen molar-refractivity contribution in [2.24, 2.45) is 5.73 Å². The molecule has 4 heteroatoms. The molecule has 1 amide bonds. The van der Waals surface area contributed by atoms with Gasteiger partial charge in [-0.1, -0.05) is 23.8 Å². The van der Waals surface area contributed by atoms with Crippen LogP contribution in [0.1, 0.15) is 6.92 Å². The van der Waals surface area contributed by atoms with Gasteiger partial charge < -0.3 is 10.5 Å². The van der Waals surface area contributed by atoms with E-state index < -0.39 is 5.91 Å². The number of hydrogen-bond donors (Lipinski definition) is 1. The zero-order valence-electron chi connectivity index (χ0n) is 6.92. The number of hydrogen-bond acceptors (Lipinski definition) is 2. The fraction of sp³-hybridized carbons (Fsp3) is 0.375. The molecule has 0 bridgehead atoms. The van der Waals surface area contributed by atoms with Gasteiger partial charge in [0, 0.05) is 5.03 Å². The average molecular weight is 190 g/mol. The van der Waals surface area contributed by atoms with Crippen molar-refractivity contribution < 1.29 is 9.53 Å². The second-order valence-corrected chi connectivity index (χ2v) is 2.49. The third-order valence-electron chi connectivity index (χ3n) is 1.01. The first-order valence-electron chi connectivity index (χ1n) is 3.51. The minimum Gasteiger partial charge on any atom is -0.368 e. The molecule has 0 aliphatic heterocycles. The molecule has 2 N–H and O–H groups in total. The number of ether oxygens (including phenoxy) is 1. The highest BCUT2D eigenvalue weighted by Crippen LogP contribution is 2.01. The van der Waals surface area contributed by atoms with Gasteiger partial charge in [-0.2, -0.15) is 0 Å². The topological polar surface area (TPSA) is 52.3 Å². The van der Waals surface area contributed by atoms with Crippen molar-refractivity contribution in [3.05, 3.63) is 23.3 Å². The fourth-order valence-electron chi connectivity index (χ4n) is 0.484. The molecular weight excluding hydrogens is 178 g/mol. The smallest absolute Gasteiger partial charge is 0.243 e. The lowest BCUT2D eigenvalue weighted by Crippen LogP contribution is -2.17. The Morgan fingerprint density at radius 2 is 2.33 bits per heavy atom. The van der Waals surface area contributed by atoms with E-state index in [-0.39, 0.29) is 6.61 Å². The Bertz CT molecular complexity index is 199. The number of amides is 1. The van der Waals surface area contributed by atoms with Crippen molar-refractivity contribution in [2.75, 3.05) is 13.2 Å². The minimum absolute atomic E-state index is 0.0577. The Morgan fingerprint density at radius 3 is 2.83 bits per heavy atom. The molecule has 0 fully saturated rings. The highest BCUT2D eigenvalue weighted by molar-refractivity contribution is 6.31. The largest absolute Gasteiger partial charge is 0.368 e. The van der Waals surface area contributed by atoms with Crippen molar-refractivity contribution in [1.82, 2.24) is 0 Å². The van der Waals surface area contributed by atoms with E-state index in [1.807, 2.05) is 6.92 Å². The molecule has 0 aromatic heterocycles. The summed E-state index contributed by atoms with van der Waals surface area (Å²) in [5, 5.41) is 0.637. The quantitative estimate of drug-likeness (QED) is 0.522. The van der Waals surface area contributed by atoms with Crippen molar-refractivity contribution in [1.29, 1.82) is 0 Å². The summed E-state index contributed by atoms with van der Waals surface area (Å²) in [5.41, 5.74) is 4.84. The highest BCUT2D eigenvalue weighted by atomic mass is 35.5. The van der Waals surface area contributed by atoms with Gasteiger partial charge in [0.2, 0.25) is 5.91 Å². The Morgan fingerprint density at radius 1 is 1.67 bits per heavy atom. The molecular formula is C8H12ClNO2. The van der Waals surface area contributed by atoms with E-state index >= 15 is 0 Å². The van der Waals surface area contributed by atoms with E-state index in [1.54, 1.807) is 18.2 Å². The molecule has 0 heterocycles. The maximum atomic E-state index is 10.2. The van der Waals surface area contributed by atoms with Crippen LogP contribution in [0.15, 0.2) is 23.3 Å². The first kappa shape index (κ1) is 11.2. The van der Waals surface area contributed by atoms with Gasteiger partial charge in [0.15, 0.2) is 0 Å². The monoisotopic (exact) mass is 189 g/mol. The standard InChI is InChI=1S/C8H12ClNO2/c1-2-7(9)4-3-5-12-6-8(10)11/h2-4H,5-6H2,1H3,(H2,10,11)/b4-3-,7-2+. The van der Waals surface area contributed by atoms with Crippen LogP contribution in [-0.4, -0.2) is 19.1 Å². The highest BCUT2D eigenvalue weighted by Gasteiger charge is 1.90. The van der Waals surface area contributed by atoms with Crippen LogP contribution in [0.2, 0.25) is 0 Å². The molecule has 0 saturated carbocycles. The minimum atomic E-state index is -0.472. The summed E-state index contributed by atoms with van der Waals surface area (Å²) in [5.74, 6) is -0.472. The summed E-state index contributed by atoms with van der Waals surface area (Å²) < 4.78 is 4.84. The van der Waals surface area contributed by atoms with E-state index in [2.05, 4.69) is 0 Å². The molecule has 0 aliphatic rings. The molecule has 0 atom stereocenters. The first-order valence-corrected chi connectivity index (χ1v) is 3.89. The molecule has 0 aromatic rings. The van der Waals surface area contributed by atoms with Crippen LogP contribution in [-0.2, 0) is 9.53 Å². The van der Waals surface area contributed by atoms with Crippen molar-refractivity contribution in [2.45, 2.75) is 6.92 Å². The van der Waals surface area contributed by atoms with Gasteiger partial charge >= 0.3 is 0 Å². The summed E-state index contributed by atoms with van der Waals surface area (Å²) in [6, 6.07) is 0. The van der Waals surface area contributed by atoms with Crippen LogP contribution < -0.4 is 5.73 Å². The second-order valence-electron chi connectivity index (χ2n) is 2.06. The zero-order valence-corrected chi connectivity index (χ0v) is 7.67. The molecule has 0 saturated heterocycles. The summed E-state index contributed by atoms with van der Waals surface area (Å²) >= 11 is 5.63. The van der Waals surface area contributed by atoms with E-state index in [1.165, 1.54) is 0 Å². The molecule has 0 spiro atoms. The Labute approximate surface area is 76.8 Å². The zero-order chi connectivity index (χ0) is 9.40. The van der Waals surface area contributed by atoms with Crippen LogP contribution in [0, 0.1) is 0 Å². The maximum absolute atomic E-state index is 10.2. The lowest BCUT2D eigenvalue weighted by molar-refractivity contribution is -0.122. The van der Waals surface area contributed by atoms with Gasteiger partial charge in [0.1, 0.15) is 6.61 Å². The molecule has 0 unspecified atom stereocenters. The Kier molecular flexibility index (Phi) is 6.42. The van der Waals surface area contributed by atoms with Gasteiger partial charge in [-0.3, -0.25) is 4.79 Å². The Hall–Kier alpha value is -0.800. The van der Waals surface area contributed by atoms with Gasteiger partial charge in [-0.05, 0) is 13.0 Å². The lowest BCUT2D eigenvalue weighted by Gasteiger charge is -1.94. The normalized spacial score (nSPS) is 12.3. The molecule has 3 nitrogen and oxygen atoms in total. The summed E-state index contributed by atoms with van der Waals surface area (Å²) in [6.45, 7) is 2.11. The number of carbonyl (C=O) groups excluding carboxylic acids is 1. The van der Waals surface area contributed by atoms with Crippen molar-refractivity contribution in [3.8, 4) is 0 Å². The SMILES string of the molecule is C/C=C(Cl)\C=C/COCC(N)=O. The predicted octanol–water partition coefficient (Wildman–Crippen LogP) is 1.19. The average Bonchev–Trinajstić information content (AvgIpc) is 2.03. The second kappa shape index (κ2) is 6.88. The van der Waals surface area contributed by atoms with E-state index in [4.69, 9.17) is 22.1 Å². The van der Waals surface area contributed by atoms with Gasteiger partial charge in [0.05, 0.1) is 6.61 Å². The van der Waals surface area contributed by atoms with Crippen LogP contribution >= 0.6 is 11.6 Å². The number of rotatable bonds is 5. The van der Waals surface area contributed by atoms with Gasteiger partial charge in [-0.25, -0.2) is 0 Å². The Balaban J connectivity index is 3.43. The van der Waals surface area contributed by atoms with Crippen LogP contribution in [0.5, 0.6) is 0 Å². The molecule has 0 rings (SSSR count). The van der Waals surface area contributed by atoms with Crippen molar-refractivity contribution >= 4 is 17.5 Å². The van der Waals surface area contributed by atoms with E-state index in [0.29, 0.717) is 11.6 Å². The number of primary amides is 1. The summed E-state index contributed by atoms with van der Waals surface area (Å²) in [7, 11) is 0. The molecule has 12 heavy (non-hydrogen) atoms.